The summed E-state index contributed by atoms with van der Waals surface area (Å²) in [7, 11) is 0. The van der Waals surface area contributed by atoms with Crippen LogP contribution in [-0.4, -0.2) is 9.97 Å². The molecule has 0 saturated carbocycles. The lowest BCUT2D eigenvalue weighted by atomic mass is 9.90. The minimum Gasteiger partial charge on any atom is -0.489 e. The van der Waals surface area contributed by atoms with E-state index in [1.807, 2.05) is 18.2 Å². The number of hydrogen-bond donors (Lipinski definition) is 0. The Labute approximate surface area is 206 Å². The van der Waals surface area contributed by atoms with Gasteiger partial charge in [0.2, 0.25) is 5.88 Å². The Hall–Kier alpha value is -3.18. The van der Waals surface area contributed by atoms with Gasteiger partial charge in [-0.05, 0) is 48.1 Å². The van der Waals surface area contributed by atoms with Crippen molar-refractivity contribution in [2.75, 3.05) is 0 Å². The smallest absolute Gasteiger partial charge is 0.213 e. The van der Waals surface area contributed by atoms with Gasteiger partial charge in [0.25, 0.3) is 0 Å². The van der Waals surface area contributed by atoms with Crippen LogP contribution in [0.3, 0.4) is 0 Å². The van der Waals surface area contributed by atoms with Gasteiger partial charge in [0.1, 0.15) is 24.0 Å². The summed E-state index contributed by atoms with van der Waals surface area (Å²) in [6, 6.07) is 22.7. The van der Waals surface area contributed by atoms with Crippen molar-refractivity contribution in [3.63, 3.8) is 0 Å². The van der Waals surface area contributed by atoms with Gasteiger partial charge in [-0.3, -0.25) is 0 Å². The van der Waals surface area contributed by atoms with Crippen LogP contribution in [0.5, 0.6) is 11.6 Å². The number of nitrogens with zero attached hydrogens (tertiary/aromatic N) is 2. The molecule has 0 aliphatic rings. The first-order valence-corrected chi connectivity index (χ1v) is 12.9. The third-order valence-electron chi connectivity index (χ3n) is 5.81. The quantitative estimate of drug-likeness (QED) is 0.209. The fourth-order valence-electron chi connectivity index (χ4n) is 4.03. The number of thiazole rings is 1. The van der Waals surface area contributed by atoms with E-state index in [0.717, 1.165) is 27.6 Å². The highest BCUT2D eigenvalue weighted by Crippen LogP contribution is 2.28. The fraction of sp³-hybridized carbons (Fsp3) is 0.310. The summed E-state index contributed by atoms with van der Waals surface area (Å²) >= 11 is 1.60. The molecule has 4 aromatic rings. The molecule has 2 aromatic carbocycles. The summed E-state index contributed by atoms with van der Waals surface area (Å²) in [5, 5.41) is 2.99. The van der Waals surface area contributed by atoms with E-state index in [2.05, 4.69) is 72.7 Å². The van der Waals surface area contributed by atoms with Gasteiger partial charge < -0.3 is 9.47 Å². The molecule has 176 valence electrons. The molecule has 0 bridgehead atoms. The molecular formula is C29H32N2O2S. The molecule has 2 aromatic heterocycles. The van der Waals surface area contributed by atoms with Crippen molar-refractivity contribution in [3.8, 4) is 22.9 Å². The molecule has 0 spiro atoms. The van der Waals surface area contributed by atoms with Gasteiger partial charge in [-0.1, -0.05) is 69.2 Å². The van der Waals surface area contributed by atoms with Gasteiger partial charge in [-0.2, -0.15) is 0 Å². The standard InChI is InChI=1S/C29H32N2O2S/c1-3-7-23(8-4-2)24-14-16-26(17-15-24)32-19-22-10-12-25(13-11-22)27-21-34-29(31-27)20-33-28-9-5-6-18-30-28/h5-6,9-18,21,23H,3-4,7-8,19-20H2,1-2H3. The van der Waals surface area contributed by atoms with Crippen molar-refractivity contribution in [3.05, 3.63) is 94.4 Å². The van der Waals surface area contributed by atoms with E-state index in [0.29, 0.717) is 25.0 Å². The number of hydrogen-bond acceptors (Lipinski definition) is 5. The first-order chi connectivity index (χ1) is 16.7. The zero-order chi connectivity index (χ0) is 23.6. The van der Waals surface area contributed by atoms with Crippen molar-refractivity contribution in [2.24, 2.45) is 0 Å². The summed E-state index contributed by atoms with van der Waals surface area (Å²) in [5.41, 5.74) is 4.61. The zero-order valence-corrected chi connectivity index (χ0v) is 20.8. The molecule has 0 fully saturated rings. The maximum Gasteiger partial charge on any atom is 0.213 e. The minimum absolute atomic E-state index is 0.421. The van der Waals surface area contributed by atoms with Crippen LogP contribution in [0.25, 0.3) is 11.3 Å². The second kappa shape index (κ2) is 12.3. The highest BCUT2D eigenvalue weighted by atomic mass is 32.1. The number of aromatic nitrogens is 2. The van der Waals surface area contributed by atoms with Gasteiger partial charge in [0.05, 0.1) is 5.69 Å². The van der Waals surface area contributed by atoms with Crippen molar-refractivity contribution in [1.82, 2.24) is 9.97 Å². The topological polar surface area (TPSA) is 44.2 Å². The molecule has 0 unspecified atom stereocenters. The molecular weight excluding hydrogens is 440 g/mol. The molecule has 5 heteroatoms. The highest BCUT2D eigenvalue weighted by molar-refractivity contribution is 7.09. The fourth-order valence-corrected chi connectivity index (χ4v) is 4.74. The maximum absolute atomic E-state index is 6.03. The first-order valence-electron chi connectivity index (χ1n) is 12.1. The van der Waals surface area contributed by atoms with E-state index in [1.165, 1.54) is 31.2 Å². The molecule has 0 N–H and O–H groups in total. The van der Waals surface area contributed by atoms with Crippen molar-refractivity contribution < 1.29 is 9.47 Å². The van der Waals surface area contributed by atoms with E-state index >= 15 is 0 Å². The van der Waals surface area contributed by atoms with E-state index < -0.39 is 0 Å². The minimum atomic E-state index is 0.421. The molecule has 0 saturated heterocycles. The molecule has 0 atom stereocenters. The van der Waals surface area contributed by atoms with Crippen LogP contribution >= 0.6 is 11.3 Å². The third-order valence-corrected chi connectivity index (χ3v) is 6.64. The van der Waals surface area contributed by atoms with E-state index in [4.69, 9.17) is 14.5 Å². The summed E-state index contributed by atoms with van der Waals surface area (Å²) < 4.78 is 11.7. The average Bonchev–Trinajstić information content (AvgIpc) is 3.37. The third kappa shape index (κ3) is 6.67. The number of benzene rings is 2. The SMILES string of the molecule is CCCC(CCC)c1ccc(OCc2ccc(-c3csc(COc4ccccn4)n3)cc2)cc1. The van der Waals surface area contributed by atoms with Crippen LogP contribution < -0.4 is 9.47 Å². The molecule has 0 aliphatic carbocycles. The van der Waals surface area contributed by atoms with E-state index in [-0.39, 0.29) is 0 Å². The molecule has 2 heterocycles. The predicted octanol–water partition coefficient (Wildman–Crippen LogP) is 8.05. The maximum atomic E-state index is 6.03. The van der Waals surface area contributed by atoms with Crippen LogP contribution in [0.15, 0.2) is 78.3 Å². The Kier molecular flexibility index (Phi) is 8.69. The highest BCUT2D eigenvalue weighted by Gasteiger charge is 2.10. The van der Waals surface area contributed by atoms with Gasteiger partial charge >= 0.3 is 0 Å². The van der Waals surface area contributed by atoms with Crippen LogP contribution in [0.4, 0.5) is 0 Å². The normalized spacial score (nSPS) is 11.0. The molecule has 4 rings (SSSR count). The average molecular weight is 473 g/mol. The molecule has 4 nitrogen and oxygen atoms in total. The van der Waals surface area contributed by atoms with Gasteiger partial charge in [-0.15, -0.1) is 11.3 Å². The van der Waals surface area contributed by atoms with Crippen molar-refractivity contribution >= 4 is 11.3 Å². The molecule has 0 amide bonds. The lowest BCUT2D eigenvalue weighted by Crippen LogP contribution is -1.99. The lowest BCUT2D eigenvalue weighted by molar-refractivity contribution is 0.293. The Morgan fingerprint density at radius 2 is 1.59 bits per heavy atom. The number of pyridine rings is 1. The number of ether oxygens (including phenoxy) is 2. The molecule has 34 heavy (non-hydrogen) atoms. The predicted molar refractivity (Wildman–Crippen MR) is 139 cm³/mol. The Morgan fingerprint density at radius 3 is 2.26 bits per heavy atom. The van der Waals surface area contributed by atoms with Crippen LogP contribution in [0.2, 0.25) is 0 Å². The van der Waals surface area contributed by atoms with Crippen molar-refractivity contribution in [2.45, 2.75) is 58.7 Å². The van der Waals surface area contributed by atoms with Crippen LogP contribution in [-0.2, 0) is 13.2 Å². The van der Waals surface area contributed by atoms with Gasteiger partial charge in [-0.25, -0.2) is 9.97 Å². The second-order valence-corrected chi connectivity index (χ2v) is 9.35. The van der Waals surface area contributed by atoms with Gasteiger partial charge in [0.15, 0.2) is 0 Å². The van der Waals surface area contributed by atoms with Gasteiger partial charge in [0, 0.05) is 23.2 Å². The van der Waals surface area contributed by atoms with Crippen LogP contribution in [0, 0.1) is 0 Å². The summed E-state index contributed by atoms with van der Waals surface area (Å²) in [5.74, 6) is 2.18. The zero-order valence-electron chi connectivity index (χ0n) is 19.9. The monoisotopic (exact) mass is 472 g/mol. The lowest BCUT2D eigenvalue weighted by Gasteiger charge is -2.16. The Balaban J connectivity index is 1.30. The Bertz CT molecular complexity index is 1120. The van der Waals surface area contributed by atoms with E-state index in [9.17, 15) is 0 Å². The summed E-state index contributed by atoms with van der Waals surface area (Å²) in [6.07, 6.45) is 6.66. The molecule has 0 radical (unpaired) electrons. The number of rotatable bonds is 12. The molecule has 0 aliphatic heterocycles. The summed E-state index contributed by atoms with van der Waals surface area (Å²) in [4.78, 5) is 8.88. The largest absolute Gasteiger partial charge is 0.489 e. The Morgan fingerprint density at radius 1 is 0.824 bits per heavy atom. The van der Waals surface area contributed by atoms with E-state index in [1.54, 1.807) is 17.5 Å². The summed E-state index contributed by atoms with van der Waals surface area (Å²) in [6.45, 7) is 5.49. The van der Waals surface area contributed by atoms with Crippen LogP contribution in [0.1, 0.15) is 61.6 Å². The van der Waals surface area contributed by atoms with Crippen molar-refractivity contribution in [1.29, 1.82) is 0 Å². The first kappa shape index (κ1) is 24.0. The second-order valence-electron chi connectivity index (χ2n) is 8.41.